The van der Waals surface area contributed by atoms with Crippen LogP contribution in [0.1, 0.15) is 19.2 Å². The molecule has 1 aromatic heterocycles. The summed E-state index contributed by atoms with van der Waals surface area (Å²) >= 11 is 0. The molecule has 1 heterocycles. The van der Waals surface area contributed by atoms with Crippen molar-refractivity contribution in [2.45, 2.75) is 19.9 Å². The fourth-order valence-corrected chi connectivity index (χ4v) is 1.56. The number of hydrogen-bond acceptors (Lipinski definition) is 3. The quantitative estimate of drug-likeness (QED) is 0.803. The lowest BCUT2D eigenvalue weighted by molar-refractivity contribution is 0.622. The maximum atomic E-state index is 12.8. The summed E-state index contributed by atoms with van der Waals surface area (Å²) in [5, 5.41) is 7.40. The Balaban J connectivity index is 2.15. The number of benzene rings is 1. The Morgan fingerprint density at radius 1 is 1.29 bits per heavy atom. The molecular formula is C12H15FN4. The highest BCUT2D eigenvalue weighted by molar-refractivity contribution is 5.31. The van der Waals surface area contributed by atoms with Gasteiger partial charge in [-0.05, 0) is 37.2 Å². The average molecular weight is 234 g/mol. The van der Waals surface area contributed by atoms with Crippen molar-refractivity contribution in [3.8, 4) is 5.69 Å². The molecule has 17 heavy (non-hydrogen) atoms. The van der Waals surface area contributed by atoms with Crippen molar-refractivity contribution in [3.05, 3.63) is 42.2 Å². The second kappa shape index (κ2) is 5.54. The van der Waals surface area contributed by atoms with Gasteiger partial charge < -0.3 is 5.32 Å². The second-order valence-electron chi connectivity index (χ2n) is 3.74. The molecule has 1 N–H and O–H groups in total. The van der Waals surface area contributed by atoms with Crippen molar-refractivity contribution < 1.29 is 4.39 Å². The van der Waals surface area contributed by atoms with Gasteiger partial charge in [0.15, 0.2) is 0 Å². The lowest BCUT2D eigenvalue weighted by Gasteiger charge is -2.06. The molecule has 0 unspecified atom stereocenters. The lowest BCUT2D eigenvalue weighted by Crippen LogP contribution is -2.17. The Kier molecular flexibility index (Phi) is 3.82. The van der Waals surface area contributed by atoms with Gasteiger partial charge in [0.1, 0.15) is 18.0 Å². The zero-order chi connectivity index (χ0) is 12.1. The predicted molar refractivity (Wildman–Crippen MR) is 63.3 cm³/mol. The Hall–Kier alpha value is -1.75. The van der Waals surface area contributed by atoms with Crippen LogP contribution < -0.4 is 5.32 Å². The van der Waals surface area contributed by atoms with E-state index in [0.717, 1.165) is 24.5 Å². The summed E-state index contributed by atoms with van der Waals surface area (Å²) in [5.74, 6) is 0.574. The molecule has 2 aromatic rings. The van der Waals surface area contributed by atoms with E-state index in [0.29, 0.717) is 6.54 Å². The minimum Gasteiger partial charge on any atom is -0.310 e. The third-order valence-electron chi connectivity index (χ3n) is 2.40. The normalized spacial score (nSPS) is 10.7. The van der Waals surface area contributed by atoms with Crippen molar-refractivity contribution in [1.29, 1.82) is 0 Å². The molecule has 0 saturated carbocycles. The van der Waals surface area contributed by atoms with Gasteiger partial charge in [0.05, 0.1) is 12.2 Å². The van der Waals surface area contributed by atoms with Gasteiger partial charge in [0.2, 0.25) is 0 Å². The van der Waals surface area contributed by atoms with E-state index >= 15 is 0 Å². The molecule has 0 amide bonds. The molecule has 2 rings (SSSR count). The monoisotopic (exact) mass is 234 g/mol. The van der Waals surface area contributed by atoms with Crippen LogP contribution in [-0.4, -0.2) is 21.3 Å². The molecule has 4 nitrogen and oxygen atoms in total. The van der Waals surface area contributed by atoms with Crippen LogP contribution in [0.25, 0.3) is 5.69 Å². The molecule has 90 valence electrons. The summed E-state index contributed by atoms with van der Waals surface area (Å²) in [6, 6.07) is 6.21. The highest BCUT2D eigenvalue weighted by atomic mass is 19.1. The van der Waals surface area contributed by atoms with Crippen molar-refractivity contribution in [2.24, 2.45) is 0 Å². The van der Waals surface area contributed by atoms with E-state index in [2.05, 4.69) is 22.3 Å². The summed E-state index contributed by atoms with van der Waals surface area (Å²) in [7, 11) is 0. The lowest BCUT2D eigenvalue weighted by atomic mass is 10.3. The van der Waals surface area contributed by atoms with Crippen LogP contribution in [0.2, 0.25) is 0 Å². The van der Waals surface area contributed by atoms with Gasteiger partial charge in [0.25, 0.3) is 0 Å². The van der Waals surface area contributed by atoms with E-state index in [9.17, 15) is 4.39 Å². The molecule has 0 bridgehead atoms. The minimum absolute atomic E-state index is 0.250. The van der Waals surface area contributed by atoms with Crippen LogP contribution in [-0.2, 0) is 6.54 Å². The maximum absolute atomic E-state index is 12.8. The Morgan fingerprint density at radius 3 is 2.76 bits per heavy atom. The number of halogens is 1. The third-order valence-corrected chi connectivity index (χ3v) is 2.40. The zero-order valence-electron chi connectivity index (χ0n) is 9.73. The highest BCUT2D eigenvalue weighted by Crippen LogP contribution is 2.09. The Bertz CT molecular complexity index is 464. The summed E-state index contributed by atoms with van der Waals surface area (Å²) in [6.07, 6.45) is 2.58. The average Bonchev–Trinajstić information content (AvgIpc) is 2.79. The smallest absolute Gasteiger partial charge is 0.146 e. The van der Waals surface area contributed by atoms with Gasteiger partial charge in [-0.25, -0.2) is 14.1 Å². The van der Waals surface area contributed by atoms with Crippen molar-refractivity contribution in [2.75, 3.05) is 6.54 Å². The topological polar surface area (TPSA) is 42.7 Å². The summed E-state index contributed by atoms with van der Waals surface area (Å²) in [4.78, 5) is 4.18. The van der Waals surface area contributed by atoms with Gasteiger partial charge in [-0.3, -0.25) is 0 Å². The number of hydrogen-bond donors (Lipinski definition) is 1. The molecule has 0 atom stereocenters. The number of rotatable bonds is 5. The van der Waals surface area contributed by atoms with Gasteiger partial charge in [-0.1, -0.05) is 6.92 Å². The van der Waals surface area contributed by atoms with E-state index in [1.165, 1.54) is 18.5 Å². The Morgan fingerprint density at radius 2 is 2.06 bits per heavy atom. The van der Waals surface area contributed by atoms with Crippen LogP contribution in [0.3, 0.4) is 0 Å². The zero-order valence-corrected chi connectivity index (χ0v) is 9.73. The van der Waals surface area contributed by atoms with Crippen molar-refractivity contribution in [3.63, 3.8) is 0 Å². The van der Waals surface area contributed by atoms with Gasteiger partial charge >= 0.3 is 0 Å². The SMILES string of the molecule is CCCNCc1ncnn1-c1ccc(F)cc1. The molecule has 0 aliphatic rings. The fraction of sp³-hybridized carbons (Fsp3) is 0.333. The molecule has 0 saturated heterocycles. The number of nitrogens with zero attached hydrogens (tertiary/aromatic N) is 3. The molecule has 0 radical (unpaired) electrons. The van der Waals surface area contributed by atoms with Gasteiger partial charge in [0, 0.05) is 0 Å². The van der Waals surface area contributed by atoms with Gasteiger partial charge in [-0.2, -0.15) is 5.10 Å². The first-order chi connectivity index (χ1) is 8.31. The molecule has 0 spiro atoms. The molecule has 0 aliphatic carbocycles. The van der Waals surface area contributed by atoms with E-state index in [4.69, 9.17) is 0 Å². The first kappa shape index (κ1) is 11.7. The van der Waals surface area contributed by atoms with Crippen LogP contribution in [0, 0.1) is 5.82 Å². The molecule has 1 aromatic carbocycles. The summed E-state index contributed by atoms with van der Waals surface area (Å²) in [6.45, 7) is 3.71. The van der Waals surface area contributed by atoms with Crippen LogP contribution >= 0.6 is 0 Å². The van der Waals surface area contributed by atoms with E-state index in [1.54, 1.807) is 16.8 Å². The summed E-state index contributed by atoms with van der Waals surface area (Å²) < 4.78 is 14.5. The summed E-state index contributed by atoms with van der Waals surface area (Å²) in [5.41, 5.74) is 0.817. The van der Waals surface area contributed by atoms with E-state index in [-0.39, 0.29) is 5.82 Å². The molecule has 5 heteroatoms. The predicted octanol–water partition coefficient (Wildman–Crippen LogP) is 1.91. The number of nitrogens with one attached hydrogen (secondary N) is 1. The van der Waals surface area contributed by atoms with E-state index < -0.39 is 0 Å². The number of aromatic nitrogens is 3. The molecular weight excluding hydrogens is 219 g/mol. The van der Waals surface area contributed by atoms with Crippen LogP contribution in [0.15, 0.2) is 30.6 Å². The van der Waals surface area contributed by atoms with Crippen LogP contribution in [0.4, 0.5) is 4.39 Å². The standard InChI is InChI=1S/C12H15FN4/c1-2-7-14-8-12-15-9-16-17(12)11-5-3-10(13)4-6-11/h3-6,9,14H,2,7-8H2,1H3. The minimum atomic E-state index is -0.250. The first-order valence-corrected chi connectivity index (χ1v) is 5.67. The highest BCUT2D eigenvalue weighted by Gasteiger charge is 2.05. The first-order valence-electron chi connectivity index (χ1n) is 5.67. The van der Waals surface area contributed by atoms with Crippen LogP contribution in [0.5, 0.6) is 0 Å². The maximum Gasteiger partial charge on any atom is 0.146 e. The van der Waals surface area contributed by atoms with Crippen molar-refractivity contribution in [1.82, 2.24) is 20.1 Å². The van der Waals surface area contributed by atoms with Crippen molar-refractivity contribution >= 4 is 0 Å². The molecule has 0 aliphatic heterocycles. The fourth-order valence-electron chi connectivity index (χ4n) is 1.56. The second-order valence-corrected chi connectivity index (χ2v) is 3.74. The Labute approximate surface area is 99.5 Å². The third kappa shape index (κ3) is 2.88. The molecule has 0 fully saturated rings. The largest absolute Gasteiger partial charge is 0.310 e. The van der Waals surface area contributed by atoms with E-state index in [1.807, 2.05) is 0 Å². The van der Waals surface area contributed by atoms with Gasteiger partial charge in [-0.15, -0.1) is 0 Å².